The molecule has 0 saturated carbocycles. The van der Waals surface area contributed by atoms with Crippen LogP contribution >= 0.6 is 7.82 Å². The molecular weight excluding hydrogens is 268 g/mol. The van der Waals surface area contributed by atoms with Crippen molar-refractivity contribution in [1.29, 1.82) is 0 Å². The van der Waals surface area contributed by atoms with Crippen molar-refractivity contribution in [2.75, 3.05) is 6.61 Å². The van der Waals surface area contributed by atoms with Gasteiger partial charge in [-0.1, -0.05) is 5.92 Å². The second-order valence-electron chi connectivity index (χ2n) is 0.925. The largest absolute Gasteiger partial charge is 2.00 e. The first-order valence-electron chi connectivity index (χ1n) is 1.66. The van der Waals surface area contributed by atoms with Gasteiger partial charge in [-0.2, -0.15) is 0 Å². The summed E-state index contributed by atoms with van der Waals surface area (Å²) in [5.41, 5.74) is 0. The Hall–Kier alpha value is 1.24. The van der Waals surface area contributed by atoms with Crippen LogP contribution in [0.5, 0.6) is 0 Å². The molecule has 0 aromatic carbocycles. The second kappa shape index (κ2) is 5.98. The third kappa shape index (κ3) is 12.4. The fourth-order valence-electron chi connectivity index (χ4n) is 0.116. The zero-order valence-corrected chi connectivity index (χ0v) is 9.91. The fraction of sp³-hybridized carbons (Fsp3) is 0.333. The van der Waals surface area contributed by atoms with Crippen molar-refractivity contribution in [3.63, 3.8) is 0 Å². The number of phosphoric ester groups is 1. The van der Waals surface area contributed by atoms with Crippen LogP contribution in [0.2, 0.25) is 0 Å². The van der Waals surface area contributed by atoms with E-state index in [-0.39, 0.29) is 48.9 Å². The van der Waals surface area contributed by atoms with E-state index in [0.29, 0.717) is 0 Å². The molecule has 4 nitrogen and oxygen atoms in total. The first kappa shape index (κ1) is 12.9. The van der Waals surface area contributed by atoms with Crippen LogP contribution in [0.3, 0.4) is 0 Å². The van der Waals surface area contributed by atoms with Gasteiger partial charge in [-0.3, -0.25) is 0 Å². The second-order valence-corrected chi connectivity index (χ2v) is 2.08. The van der Waals surface area contributed by atoms with Crippen LogP contribution < -0.4 is 9.79 Å². The van der Waals surface area contributed by atoms with E-state index in [1.165, 1.54) is 0 Å². The van der Waals surface area contributed by atoms with Gasteiger partial charge in [0.25, 0.3) is 0 Å². The van der Waals surface area contributed by atoms with E-state index in [1.807, 2.05) is 5.92 Å². The number of terminal acetylenes is 1. The van der Waals surface area contributed by atoms with Gasteiger partial charge in [-0.15, -0.1) is 6.42 Å². The quantitative estimate of drug-likeness (QED) is 0.333. The van der Waals surface area contributed by atoms with Gasteiger partial charge in [0.15, 0.2) is 0 Å². The van der Waals surface area contributed by atoms with Crippen molar-refractivity contribution < 1.29 is 18.9 Å². The number of hydrogen-bond donors (Lipinski definition) is 0. The van der Waals surface area contributed by atoms with E-state index in [0.717, 1.165) is 0 Å². The SMILES string of the molecule is C#CCOP(=O)([O-])[O-].[Ba+2]. The molecule has 0 aliphatic heterocycles. The topological polar surface area (TPSA) is 72.4 Å². The average Bonchev–Trinajstić information content (AvgIpc) is 1.59. The van der Waals surface area contributed by atoms with Crippen LogP contribution in [0.25, 0.3) is 0 Å². The molecular formula is C3H3BaO4P. The molecule has 0 atom stereocenters. The van der Waals surface area contributed by atoms with Crippen LogP contribution in [-0.4, -0.2) is 55.5 Å². The third-order valence-corrected chi connectivity index (χ3v) is 0.751. The summed E-state index contributed by atoms with van der Waals surface area (Å²) in [6.45, 7) is -0.482. The summed E-state index contributed by atoms with van der Waals surface area (Å²) in [4.78, 5) is 19.1. The number of rotatable bonds is 2. The maximum Gasteiger partial charge on any atom is 2.00 e. The molecule has 0 fully saturated rings. The molecule has 0 saturated heterocycles. The number of hydrogen-bond acceptors (Lipinski definition) is 4. The van der Waals surface area contributed by atoms with Gasteiger partial charge >= 0.3 is 48.9 Å². The van der Waals surface area contributed by atoms with Crippen molar-refractivity contribution in [3.8, 4) is 12.3 Å². The molecule has 0 aromatic rings. The minimum absolute atomic E-state index is 0. The first-order chi connectivity index (χ1) is 3.56. The molecule has 0 unspecified atom stereocenters. The summed E-state index contributed by atoms with van der Waals surface area (Å²) in [5, 5.41) is 0. The maximum absolute atomic E-state index is 9.54. The van der Waals surface area contributed by atoms with Gasteiger partial charge in [-0.05, 0) is 0 Å². The predicted molar refractivity (Wildman–Crippen MR) is 28.1 cm³/mol. The van der Waals surface area contributed by atoms with Crippen LogP contribution in [0.15, 0.2) is 0 Å². The van der Waals surface area contributed by atoms with Gasteiger partial charge in [0.2, 0.25) is 0 Å². The Morgan fingerprint density at radius 1 is 1.67 bits per heavy atom. The van der Waals surface area contributed by atoms with Crippen LogP contribution in [0.1, 0.15) is 0 Å². The molecule has 0 rings (SSSR count). The van der Waals surface area contributed by atoms with E-state index in [2.05, 4.69) is 10.9 Å². The molecule has 46 valence electrons. The summed E-state index contributed by atoms with van der Waals surface area (Å²) in [5.74, 6) is 1.83. The van der Waals surface area contributed by atoms with Crippen molar-refractivity contribution >= 4 is 56.7 Å². The van der Waals surface area contributed by atoms with Gasteiger partial charge in [0.1, 0.15) is 6.61 Å². The Bertz CT molecular complexity index is 144. The minimum atomic E-state index is -4.82. The zero-order chi connectivity index (χ0) is 6.62. The van der Waals surface area contributed by atoms with E-state index in [4.69, 9.17) is 0 Å². The average molecular weight is 271 g/mol. The Morgan fingerprint density at radius 3 is 2.22 bits per heavy atom. The molecule has 0 radical (unpaired) electrons. The predicted octanol–water partition coefficient (Wildman–Crippen LogP) is -1.92. The summed E-state index contributed by atoms with van der Waals surface area (Å²) in [6.07, 6.45) is 4.56. The van der Waals surface area contributed by atoms with Crippen molar-refractivity contribution in [3.05, 3.63) is 0 Å². The standard InChI is InChI=1S/C3H5O4P.Ba/c1-2-3-7-8(4,5)6;/h1H,3H2,(H2,4,5,6);/q;+2/p-2. The van der Waals surface area contributed by atoms with E-state index in [1.54, 1.807) is 0 Å². The smallest absolute Gasteiger partial charge is 0.790 e. The Balaban J connectivity index is 0. The molecule has 9 heavy (non-hydrogen) atoms. The summed E-state index contributed by atoms with van der Waals surface area (Å²) >= 11 is 0. The van der Waals surface area contributed by atoms with Crippen LogP contribution in [-0.2, 0) is 9.09 Å². The van der Waals surface area contributed by atoms with E-state index in [9.17, 15) is 14.4 Å². The third-order valence-electron chi connectivity index (χ3n) is 0.306. The Labute approximate surface area is 93.3 Å². The molecule has 0 aliphatic rings. The zero-order valence-electron chi connectivity index (χ0n) is 4.57. The molecule has 0 bridgehead atoms. The van der Waals surface area contributed by atoms with E-state index < -0.39 is 14.4 Å². The van der Waals surface area contributed by atoms with Gasteiger partial charge in [-0.25, -0.2) is 0 Å². The van der Waals surface area contributed by atoms with Crippen molar-refractivity contribution in [2.45, 2.75) is 0 Å². The molecule has 0 amide bonds. The monoisotopic (exact) mass is 272 g/mol. The minimum Gasteiger partial charge on any atom is -0.790 e. The molecule has 0 N–H and O–H groups in total. The fourth-order valence-corrected chi connectivity index (χ4v) is 0.349. The summed E-state index contributed by atoms with van der Waals surface area (Å²) in [6, 6.07) is 0. The molecule has 0 aromatic heterocycles. The van der Waals surface area contributed by atoms with Gasteiger partial charge in [0.05, 0.1) is 7.82 Å². The molecule has 0 heterocycles. The maximum atomic E-state index is 9.54. The van der Waals surface area contributed by atoms with Crippen molar-refractivity contribution in [1.82, 2.24) is 0 Å². The van der Waals surface area contributed by atoms with Crippen LogP contribution in [0, 0.1) is 12.3 Å². The van der Waals surface area contributed by atoms with E-state index >= 15 is 0 Å². The summed E-state index contributed by atoms with van der Waals surface area (Å²) < 4.78 is 13.1. The molecule has 0 spiro atoms. The Kier molecular flexibility index (Phi) is 8.56. The van der Waals surface area contributed by atoms with Gasteiger partial charge < -0.3 is 18.9 Å². The summed E-state index contributed by atoms with van der Waals surface area (Å²) in [7, 11) is -4.82. The first-order valence-corrected chi connectivity index (χ1v) is 3.12. The van der Waals surface area contributed by atoms with Crippen LogP contribution in [0.4, 0.5) is 0 Å². The van der Waals surface area contributed by atoms with Gasteiger partial charge in [0, 0.05) is 0 Å². The normalized spacial score (nSPS) is 9.44. The van der Waals surface area contributed by atoms with Crippen molar-refractivity contribution in [2.24, 2.45) is 0 Å². The molecule has 6 heteroatoms. The molecule has 0 aliphatic carbocycles. The number of phosphoric acid groups is 1. The Morgan fingerprint density at radius 2 is 2.11 bits per heavy atom.